The van der Waals surface area contributed by atoms with E-state index in [-0.39, 0.29) is 11.5 Å². The number of nitrogens with one attached hydrogen (secondary N) is 1. The summed E-state index contributed by atoms with van der Waals surface area (Å²) in [6.45, 7) is 4.39. The summed E-state index contributed by atoms with van der Waals surface area (Å²) in [7, 11) is 0. The zero-order valence-electron chi connectivity index (χ0n) is 10.8. The average Bonchev–Trinajstić information content (AvgIpc) is 2.91. The van der Waals surface area contributed by atoms with Crippen LogP contribution in [-0.4, -0.2) is 41.2 Å². The molecule has 1 N–H and O–H groups in total. The molecule has 0 radical (unpaired) electrons. The molecule has 2 aromatic rings. The maximum Gasteiger partial charge on any atom is 0.260 e. The fourth-order valence-corrected chi connectivity index (χ4v) is 2.33. The number of nitrogens with zero attached hydrogens (tertiary/aromatic N) is 3. The summed E-state index contributed by atoms with van der Waals surface area (Å²) in [5, 5.41) is 7.61. The van der Waals surface area contributed by atoms with E-state index >= 15 is 0 Å². The van der Waals surface area contributed by atoms with E-state index in [1.54, 1.807) is 0 Å². The van der Waals surface area contributed by atoms with Crippen molar-refractivity contribution in [2.24, 2.45) is 0 Å². The maximum absolute atomic E-state index is 13.7. The lowest BCUT2D eigenvalue weighted by molar-refractivity contribution is 0.225. The quantitative estimate of drug-likeness (QED) is 0.938. The number of hydrogen-bond donors (Lipinski definition) is 1. The predicted octanol–water partition coefficient (Wildman–Crippen LogP) is 1.93. The van der Waals surface area contributed by atoms with Crippen molar-refractivity contribution in [1.82, 2.24) is 20.4 Å². The van der Waals surface area contributed by atoms with Gasteiger partial charge in [-0.2, -0.15) is 4.98 Å². The van der Waals surface area contributed by atoms with Gasteiger partial charge in [0.25, 0.3) is 5.89 Å². The topological polar surface area (TPSA) is 54.2 Å². The molecule has 0 aliphatic carbocycles. The van der Waals surface area contributed by atoms with E-state index < -0.39 is 5.82 Å². The average molecular weight is 297 g/mol. The summed E-state index contributed by atoms with van der Waals surface area (Å²) in [5.41, 5.74) is 0.233. The third-order valence-electron chi connectivity index (χ3n) is 3.20. The Morgan fingerprint density at radius 2 is 2.15 bits per heavy atom. The number of benzene rings is 1. The Balaban J connectivity index is 1.77. The molecule has 5 nitrogen and oxygen atoms in total. The zero-order chi connectivity index (χ0) is 13.9. The van der Waals surface area contributed by atoms with Crippen LogP contribution in [0, 0.1) is 5.82 Å². The fraction of sp³-hybridized carbons (Fsp3) is 0.385. The van der Waals surface area contributed by atoms with Gasteiger partial charge in [-0.15, -0.1) is 0 Å². The highest BCUT2D eigenvalue weighted by atomic mass is 35.5. The van der Waals surface area contributed by atoms with Crippen LogP contribution in [0.3, 0.4) is 0 Å². The van der Waals surface area contributed by atoms with E-state index in [4.69, 9.17) is 16.1 Å². The van der Waals surface area contributed by atoms with Crippen LogP contribution in [0.15, 0.2) is 22.7 Å². The van der Waals surface area contributed by atoms with Crippen molar-refractivity contribution in [3.8, 4) is 11.5 Å². The fourth-order valence-electron chi connectivity index (χ4n) is 2.16. The van der Waals surface area contributed by atoms with Crippen LogP contribution in [0.5, 0.6) is 0 Å². The second-order valence-corrected chi connectivity index (χ2v) is 5.10. The third kappa shape index (κ3) is 2.98. The Morgan fingerprint density at radius 1 is 1.35 bits per heavy atom. The molecular weight excluding hydrogens is 283 g/mol. The van der Waals surface area contributed by atoms with Gasteiger partial charge in [-0.05, 0) is 18.2 Å². The van der Waals surface area contributed by atoms with Crippen LogP contribution >= 0.6 is 11.6 Å². The largest absolute Gasteiger partial charge is 0.334 e. The molecule has 1 aliphatic heterocycles. The molecule has 2 heterocycles. The van der Waals surface area contributed by atoms with Crippen molar-refractivity contribution in [3.63, 3.8) is 0 Å². The first-order valence-electron chi connectivity index (χ1n) is 6.43. The van der Waals surface area contributed by atoms with Gasteiger partial charge in [0, 0.05) is 31.2 Å². The summed E-state index contributed by atoms with van der Waals surface area (Å²) >= 11 is 5.86. The molecule has 0 unspecified atom stereocenters. The van der Waals surface area contributed by atoms with Crippen molar-refractivity contribution in [3.05, 3.63) is 34.9 Å². The van der Waals surface area contributed by atoms with Crippen LogP contribution in [0.1, 0.15) is 5.82 Å². The minimum Gasteiger partial charge on any atom is -0.334 e. The molecule has 1 aromatic heterocycles. The Bertz CT molecular complexity index is 598. The summed E-state index contributed by atoms with van der Waals surface area (Å²) in [4.78, 5) is 6.46. The monoisotopic (exact) mass is 296 g/mol. The molecule has 0 bridgehead atoms. The molecule has 1 saturated heterocycles. The molecule has 20 heavy (non-hydrogen) atoms. The van der Waals surface area contributed by atoms with Crippen LogP contribution in [0.25, 0.3) is 11.5 Å². The summed E-state index contributed by atoms with van der Waals surface area (Å²) in [6, 6.07) is 4.26. The smallest absolute Gasteiger partial charge is 0.260 e. The van der Waals surface area contributed by atoms with Gasteiger partial charge in [-0.25, -0.2) is 4.39 Å². The molecule has 7 heteroatoms. The first-order chi connectivity index (χ1) is 9.72. The van der Waals surface area contributed by atoms with Crippen molar-refractivity contribution < 1.29 is 8.91 Å². The lowest BCUT2D eigenvalue weighted by atomic mass is 10.2. The summed E-state index contributed by atoms with van der Waals surface area (Å²) < 4.78 is 18.8. The van der Waals surface area contributed by atoms with Gasteiger partial charge in [0.1, 0.15) is 5.82 Å². The molecule has 0 spiro atoms. The normalized spacial score (nSPS) is 16.5. The zero-order valence-corrected chi connectivity index (χ0v) is 11.5. The van der Waals surface area contributed by atoms with Crippen molar-refractivity contribution in [2.75, 3.05) is 26.2 Å². The minimum atomic E-state index is -0.424. The maximum atomic E-state index is 13.7. The molecule has 1 fully saturated rings. The third-order valence-corrected chi connectivity index (χ3v) is 3.44. The second kappa shape index (κ2) is 5.87. The Labute approximate surface area is 120 Å². The lowest BCUT2D eigenvalue weighted by Crippen LogP contribution is -2.43. The SMILES string of the molecule is Fc1ccc(Cl)cc1-c1nc(CN2CCNCC2)no1. The first-order valence-corrected chi connectivity index (χ1v) is 6.81. The van der Waals surface area contributed by atoms with Crippen molar-refractivity contribution >= 4 is 11.6 Å². The molecule has 0 saturated carbocycles. The van der Waals surface area contributed by atoms with E-state index in [9.17, 15) is 4.39 Å². The van der Waals surface area contributed by atoms with Gasteiger partial charge in [-0.3, -0.25) is 4.90 Å². The number of piperazine rings is 1. The molecule has 3 rings (SSSR count). The van der Waals surface area contributed by atoms with Crippen molar-refractivity contribution in [1.29, 1.82) is 0 Å². The number of halogens is 2. The van der Waals surface area contributed by atoms with E-state index in [1.165, 1.54) is 18.2 Å². The number of rotatable bonds is 3. The van der Waals surface area contributed by atoms with Gasteiger partial charge in [-0.1, -0.05) is 16.8 Å². The molecule has 106 valence electrons. The first kappa shape index (κ1) is 13.5. The van der Waals surface area contributed by atoms with Gasteiger partial charge in [0.05, 0.1) is 12.1 Å². The van der Waals surface area contributed by atoms with E-state index in [0.717, 1.165) is 26.2 Å². The van der Waals surface area contributed by atoms with E-state index in [2.05, 4.69) is 20.4 Å². The molecule has 0 amide bonds. The molecule has 0 atom stereocenters. The van der Waals surface area contributed by atoms with Gasteiger partial charge >= 0.3 is 0 Å². The Kier molecular flexibility index (Phi) is 3.95. The highest BCUT2D eigenvalue weighted by Crippen LogP contribution is 2.24. The number of hydrogen-bond acceptors (Lipinski definition) is 5. The predicted molar refractivity (Wildman–Crippen MR) is 72.8 cm³/mol. The van der Waals surface area contributed by atoms with Crippen LogP contribution < -0.4 is 5.32 Å². The van der Waals surface area contributed by atoms with Crippen LogP contribution in [-0.2, 0) is 6.54 Å². The molecular formula is C13H14ClFN4O. The van der Waals surface area contributed by atoms with E-state index in [0.29, 0.717) is 17.4 Å². The Hall–Kier alpha value is -1.50. The standard InChI is InChI=1S/C13H14ClFN4O/c14-9-1-2-11(15)10(7-9)13-17-12(18-20-13)8-19-5-3-16-4-6-19/h1-2,7,16H,3-6,8H2. The number of aromatic nitrogens is 2. The summed E-state index contributed by atoms with van der Waals surface area (Å²) in [6.07, 6.45) is 0. The minimum absolute atomic E-state index is 0.162. The second-order valence-electron chi connectivity index (χ2n) is 4.67. The molecule has 1 aliphatic rings. The van der Waals surface area contributed by atoms with Crippen LogP contribution in [0.2, 0.25) is 5.02 Å². The molecule has 1 aromatic carbocycles. The highest BCUT2D eigenvalue weighted by Gasteiger charge is 2.17. The summed E-state index contributed by atoms with van der Waals surface area (Å²) in [5.74, 6) is 0.295. The van der Waals surface area contributed by atoms with Crippen LogP contribution in [0.4, 0.5) is 4.39 Å². The van der Waals surface area contributed by atoms with Gasteiger partial charge in [0.15, 0.2) is 5.82 Å². The Morgan fingerprint density at radius 3 is 2.95 bits per heavy atom. The lowest BCUT2D eigenvalue weighted by Gasteiger charge is -2.25. The van der Waals surface area contributed by atoms with Gasteiger partial charge in [0.2, 0.25) is 0 Å². The van der Waals surface area contributed by atoms with Crippen molar-refractivity contribution in [2.45, 2.75) is 6.54 Å². The highest BCUT2D eigenvalue weighted by molar-refractivity contribution is 6.30. The van der Waals surface area contributed by atoms with Gasteiger partial charge < -0.3 is 9.84 Å². The van der Waals surface area contributed by atoms with E-state index in [1.807, 2.05) is 0 Å².